The lowest BCUT2D eigenvalue weighted by atomic mass is 9.79. The summed E-state index contributed by atoms with van der Waals surface area (Å²) in [6.45, 7) is 17.0. The molecule has 2 atom stereocenters. The van der Waals surface area contributed by atoms with Crippen molar-refractivity contribution >= 4 is 22.1 Å². The first-order chi connectivity index (χ1) is 19.8. The second-order valence-electron chi connectivity index (χ2n) is 13.7. The third kappa shape index (κ3) is 11.1. The van der Waals surface area contributed by atoms with Crippen LogP contribution in [0.5, 0.6) is 0 Å². The van der Waals surface area contributed by atoms with Gasteiger partial charge in [-0.15, -0.1) is 0 Å². The van der Waals surface area contributed by atoms with Crippen molar-refractivity contribution in [1.82, 2.24) is 24.1 Å². The summed E-state index contributed by atoms with van der Waals surface area (Å²) in [4.78, 5) is 29.5. The quantitative estimate of drug-likeness (QED) is 0.194. The number of nitrogens with one attached hydrogen (secondary N) is 2. The molecule has 0 radical (unpaired) electrons. The number of benzene rings is 1. The number of rotatable bonds is 17. The number of carboxylic acid groups (broad SMARTS) is 1. The van der Waals surface area contributed by atoms with Crippen molar-refractivity contribution < 1.29 is 28.2 Å². The van der Waals surface area contributed by atoms with Gasteiger partial charge in [0.25, 0.3) is 10.2 Å². The molecule has 2 unspecified atom stereocenters. The van der Waals surface area contributed by atoms with Crippen LogP contribution in [0.1, 0.15) is 73.3 Å². The summed E-state index contributed by atoms with van der Waals surface area (Å²) < 4.78 is 31.8. The summed E-state index contributed by atoms with van der Waals surface area (Å²) in [7, 11) is -1.79. The van der Waals surface area contributed by atoms with Gasteiger partial charge in [0.1, 0.15) is 0 Å². The molecule has 1 fully saturated rings. The van der Waals surface area contributed by atoms with Crippen LogP contribution >= 0.6 is 0 Å². The van der Waals surface area contributed by atoms with Crippen LogP contribution in [0.25, 0.3) is 0 Å². The average molecular weight is 626 g/mol. The monoisotopic (exact) mass is 625 g/mol. The number of carbonyl (C=O) groups excluding carboxylic acids is 1. The van der Waals surface area contributed by atoms with E-state index in [1.807, 2.05) is 27.7 Å². The fourth-order valence-corrected chi connectivity index (χ4v) is 6.70. The van der Waals surface area contributed by atoms with Gasteiger partial charge in [0, 0.05) is 63.3 Å². The second kappa shape index (κ2) is 15.3. The van der Waals surface area contributed by atoms with Gasteiger partial charge < -0.3 is 20.4 Å². The van der Waals surface area contributed by atoms with Crippen molar-refractivity contribution in [3.8, 4) is 0 Å². The largest absolute Gasteiger partial charge is 0.481 e. The highest BCUT2D eigenvalue weighted by Gasteiger charge is 2.41. The molecule has 0 saturated carbocycles. The lowest BCUT2D eigenvalue weighted by Gasteiger charge is -2.39. The molecular weight excluding hydrogens is 570 g/mol. The van der Waals surface area contributed by atoms with Crippen molar-refractivity contribution in [3.63, 3.8) is 0 Å². The van der Waals surface area contributed by atoms with Gasteiger partial charge in [-0.1, -0.05) is 51.1 Å². The number of amides is 1. The zero-order chi connectivity index (χ0) is 32.6. The molecule has 2 rings (SSSR count). The minimum atomic E-state index is -3.87. The highest BCUT2D eigenvalue weighted by molar-refractivity contribution is 7.87. The molecule has 0 spiro atoms. The van der Waals surface area contributed by atoms with Crippen LogP contribution in [0.15, 0.2) is 30.3 Å². The zero-order valence-electron chi connectivity index (χ0n) is 27.4. The Kier molecular flexibility index (Phi) is 13.2. The topological polar surface area (TPSA) is 143 Å². The van der Waals surface area contributed by atoms with Crippen molar-refractivity contribution in [1.29, 1.82) is 0 Å². The normalized spacial score (nSPS) is 18.0. The zero-order valence-corrected chi connectivity index (χ0v) is 28.2. The third-order valence-electron chi connectivity index (χ3n) is 8.47. The molecule has 12 heteroatoms. The Hall–Kier alpha value is -2.09. The number of piperazine rings is 1. The second-order valence-corrected chi connectivity index (χ2v) is 15.4. The van der Waals surface area contributed by atoms with Gasteiger partial charge in [0.05, 0.1) is 11.3 Å². The van der Waals surface area contributed by atoms with Crippen molar-refractivity contribution in [2.45, 2.75) is 79.0 Å². The Labute approximate surface area is 259 Å². The highest BCUT2D eigenvalue weighted by Crippen LogP contribution is 2.30. The van der Waals surface area contributed by atoms with E-state index in [4.69, 9.17) is 0 Å². The Balaban J connectivity index is 2.21. The Morgan fingerprint density at radius 1 is 1.00 bits per heavy atom. The molecule has 0 aromatic heterocycles. The number of hydrogen-bond acceptors (Lipinski definition) is 7. The van der Waals surface area contributed by atoms with Crippen LogP contribution < -0.4 is 10.0 Å². The van der Waals surface area contributed by atoms with Gasteiger partial charge in [-0.3, -0.25) is 14.5 Å². The van der Waals surface area contributed by atoms with E-state index in [-0.39, 0.29) is 25.3 Å². The fraction of sp³-hybridized carbons (Fsp3) is 0.742. The summed E-state index contributed by atoms with van der Waals surface area (Å²) >= 11 is 0. The maximum absolute atomic E-state index is 13.7. The predicted molar refractivity (Wildman–Crippen MR) is 169 cm³/mol. The molecule has 4 N–H and O–H groups in total. The van der Waals surface area contributed by atoms with Gasteiger partial charge in [-0.2, -0.15) is 17.4 Å². The van der Waals surface area contributed by atoms with E-state index in [1.165, 1.54) is 25.1 Å². The average Bonchev–Trinajstić information content (AvgIpc) is 2.90. The fourth-order valence-electron chi connectivity index (χ4n) is 5.09. The molecular formula is C31H55N5O6S. The number of carboxylic acids is 1. The summed E-state index contributed by atoms with van der Waals surface area (Å²) in [5.74, 6) is -2.37. The maximum Gasteiger partial charge on any atom is 0.309 e. The number of hydrogen-bond donors (Lipinski definition) is 4. The molecule has 246 valence electrons. The number of nitrogens with zero attached hydrogens (tertiary/aromatic N) is 3. The van der Waals surface area contributed by atoms with Gasteiger partial charge >= 0.3 is 5.97 Å². The van der Waals surface area contributed by atoms with E-state index in [1.54, 1.807) is 30.3 Å². The summed E-state index contributed by atoms with van der Waals surface area (Å²) in [5, 5.41) is 24.0. The molecule has 0 bridgehead atoms. The van der Waals surface area contributed by atoms with Crippen LogP contribution in [0.4, 0.5) is 0 Å². The van der Waals surface area contributed by atoms with Crippen molar-refractivity contribution in [3.05, 3.63) is 35.9 Å². The molecule has 1 saturated heterocycles. The van der Waals surface area contributed by atoms with E-state index >= 15 is 0 Å². The molecule has 1 aliphatic rings. The minimum Gasteiger partial charge on any atom is -0.481 e. The van der Waals surface area contributed by atoms with Crippen molar-refractivity contribution in [2.75, 3.05) is 52.9 Å². The van der Waals surface area contributed by atoms with E-state index in [9.17, 15) is 28.2 Å². The molecule has 0 aliphatic carbocycles. The van der Waals surface area contributed by atoms with E-state index in [0.29, 0.717) is 25.1 Å². The van der Waals surface area contributed by atoms with Crippen LogP contribution in [0.3, 0.4) is 0 Å². The first-order valence-electron chi connectivity index (χ1n) is 15.3. The van der Waals surface area contributed by atoms with E-state index < -0.39 is 44.7 Å². The standard InChI is InChI=1S/C31H55N5O6S/c1-24(2)15-18-36(43(41,42)33-29(4,5)23-35-21-19-34(8)20-22-35)17-12-16-31(40,26-13-10-9-11-14-26)32-27(37)25(3)30(6,7)28(38)39/h9-11,13-14,24-25,33,40H,12,15-23H2,1-8H3,(H,32,37)(H,38,39). The summed E-state index contributed by atoms with van der Waals surface area (Å²) in [6.07, 6.45) is 0.947. The van der Waals surface area contributed by atoms with Gasteiger partial charge in [0.2, 0.25) is 5.91 Å². The van der Waals surface area contributed by atoms with Gasteiger partial charge in [-0.25, -0.2) is 0 Å². The summed E-state index contributed by atoms with van der Waals surface area (Å²) in [5.41, 5.74) is -3.43. The SMILES string of the molecule is CC(C)CCN(CCCC(O)(NC(=O)C(C)C(C)(C)C(=O)O)c1ccccc1)S(=O)(=O)NC(C)(C)CN1CCN(C)CC1. The Morgan fingerprint density at radius 2 is 1.58 bits per heavy atom. The Morgan fingerprint density at radius 3 is 2.12 bits per heavy atom. The smallest absolute Gasteiger partial charge is 0.309 e. The lowest BCUT2D eigenvalue weighted by Crippen LogP contribution is -2.58. The summed E-state index contributed by atoms with van der Waals surface area (Å²) in [6, 6.07) is 8.63. The van der Waals surface area contributed by atoms with Gasteiger partial charge in [0.15, 0.2) is 5.72 Å². The molecule has 43 heavy (non-hydrogen) atoms. The molecule has 1 aromatic carbocycles. The number of aliphatic hydroxyl groups is 1. The maximum atomic E-state index is 13.7. The Bertz CT molecular complexity index is 1150. The number of aliphatic carboxylic acids is 1. The van der Waals surface area contributed by atoms with Crippen LogP contribution in [0, 0.1) is 17.3 Å². The molecule has 1 heterocycles. The third-order valence-corrected chi connectivity index (χ3v) is 10.3. The molecule has 1 aliphatic heterocycles. The predicted octanol–water partition coefficient (Wildman–Crippen LogP) is 2.68. The van der Waals surface area contributed by atoms with E-state index in [0.717, 1.165) is 26.2 Å². The number of carbonyl (C=O) groups is 2. The first-order valence-corrected chi connectivity index (χ1v) is 16.8. The van der Waals surface area contributed by atoms with Gasteiger partial charge in [-0.05, 0) is 53.5 Å². The lowest BCUT2D eigenvalue weighted by molar-refractivity contribution is -0.155. The highest BCUT2D eigenvalue weighted by atomic mass is 32.2. The molecule has 1 aromatic rings. The minimum absolute atomic E-state index is 0.0291. The van der Waals surface area contributed by atoms with E-state index in [2.05, 4.69) is 26.9 Å². The van der Waals surface area contributed by atoms with Crippen LogP contribution in [-0.4, -0.2) is 103 Å². The molecule has 1 amide bonds. The van der Waals surface area contributed by atoms with Crippen LogP contribution in [-0.2, 0) is 25.5 Å². The first kappa shape index (κ1) is 37.1. The van der Waals surface area contributed by atoms with Crippen molar-refractivity contribution in [2.24, 2.45) is 17.3 Å². The molecule has 11 nitrogen and oxygen atoms in total. The number of likely N-dealkylation sites (N-methyl/N-ethyl adjacent to an activating group) is 1. The van der Waals surface area contributed by atoms with Crippen LogP contribution in [0.2, 0.25) is 0 Å².